The number of ether oxygens (including phenoxy) is 1. The van der Waals surface area contributed by atoms with E-state index in [1.807, 2.05) is 0 Å². The number of benzene rings is 1. The van der Waals surface area contributed by atoms with Crippen molar-refractivity contribution in [3.05, 3.63) is 18.2 Å². The van der Waals surface area contributed by atoms with Gasteiger partial charge in [-0.3, -0.25) is 0 Å². The molecule has 2 heterocycles. The van der Waals surface area contributed by atoms with Crippen LogP contribution in [0.1, 0.15) is 26.7 Å². The Morgan fingerprint density at radius 1 is 1.10 bits per heavy atom. The SMILES string of the molecule is C[C@H]1CC[C@H](C)N1c1ccc(N2CCOCC2)c(N)c1. The van der Waals surface area contributed by atoms with E-state index in [-0.39, 0.29) is 0 Å². The van der Waals surface area contributed by atoms with Gasteiger partial charge in [-0.15, -0.1) is 0 Å². The molecule has 0 aliphatic carbocycles. The molecule has 2 atom stereocenters. The van der Waals surface area contributed by atoms with Crippen LogP contribution in [0.5, 0.6) is 0 Å². The Kier molecular flexibility index (Phi) is 3.74. The largest absolute Gasteiger partial charge is 0.397 e. The topological polar surface area (TPSA) is 41.7 Å². The second-order valence-electron chi connectivity index (χ2n) is 6.03. The zero-order chi connectivity index (χ0) is 14.1. The lowest BCUT2D eigenvalue weighted by Crippen LogP contribution is -2.37. The first kappa shape index (κ1) is 13.6. The fourth-order valence-electron chi connectivity index (χ4n) is 3.50. The van der Waals surface area contributed by atoms with E-state index in [2.05, 4.69) is 41.8 Å². The second kappa shape index (κ2) is 5.52. The Morgan fingerprint density at radius 3 is 2.35 bits per heavy atom. The molecule has 2 N–H and O–H groups in total. The molecule has 0 radical (unpaired) electrons. The standard InChI is InChI=1S/C16H25N3O/c1-12-3-4-13(2)19(12)14-5-6-16(15(17)11-14)18-7-9-20-10-8-18/h5-6,11-13H,3-4,7-10,17H2,1-2H3/t12-,13-/m0/s1. The molecule has 0 unspecified atom stereocenters. The van der Waals surface area contributed by atoms with E-state index in [9.17, 15) is 0 Å². The van der Waals surface area contributed by atoms with Crippen molar-refractivity contribution in [2.24, 2.45) is 0 Å². The van der Waals surface area contributed by atoms with E-state index in [4.69, 9.17) is 10.5 Å². The van der Waals surface area contributed by atoms with Gasteiger partial charge in [0.15, 0.2) is 0 Å². The number of nitrogens with two attached hydrogens (primary N) is 1. The Bertz CT molecular complexity index is 461. The summed E-state index contributed by atoms with van der Waals surface area (Å²) < 4.78 is 5.40. The fourth-order valence-corrected chi connectivity index (χ4v) is 3.50. The van der Waals surface area contributed by atoms with E-state index >= 15 is 0 Å². The van der Waals surface area contributed by atoms with Gasteiger partial charge in [0.25, 0.3) is 0 Å². The molecule has 20 heavy (non-hydrogen) atoms. The molecule has 2 fully saturated rings. The molecule has 2 aliphatic rings. The van der Waals surface area contributed by atoms with Crippen molar-refractivity contribution in [1.29, 1.82) is 0 Å². The molecule has 4 heteroatoms. The Morgan fingerprint density at radius 2 is 1.75 bits per heavy atom. The fraction of sp³-hybridized carbons (Fsp3) is 0.625. The summed E-state index contributed by atoms with van der Waals surface area (Å²) in [6.07, 6.45) is 2.54. The van der Waals surface area contributed by atoms with E-state index in [1.54, 1.807) is 0 Å². The van der Waals surface area contributed by atoms with E-state index < -0.39 is 0 Å². The molecule has 0 saturated carbocycles. The number of morpholine rings is 1. The number of nitrogen functional groups attached to an aromatic ring is 1. The average Bonchev–Trinajstić information content (AvgIpc) is 2.79. The van der Waals surface area contributed by atoms with E-state index in [0.717, 1.165) is 37.7 Å². The molecule has 4 nitrogen and oxygen atoms in total. The summed E-state index contributed by atoms with van der Waals surface area (Å²) in [4.78, 5) is 4.82. The first-order valence-electron chi connectivity index (χ1n) is 7.67. The monoisotopic (exact) mass is 275 g/mol. The van der Waals surface area contributed by atoms with Crippen molar-refractivity contribution in [3.63, 3.8) is 0 Å². The first-order valence-corrected chi connectivity index (χ1v) is 7.67. The maximum absolute atomic E-state index is 6.30. The summed E-state index contributed by atoms with van der Waals surface area (Å²) in [5, 5.41) is 0. The van der Waals surface area contributed by atoms with Gasteiger partial charge in [0.05, 0.1) is 24.6 Å². The van der Waals surface area contributed by atoms with Crippen LogP contribution in [0.15, 0.2) is 18.2 Å². The zero-order valence-electron chi connectivity index (χ0n) is 12.5. The Hall–Kier alpha value is -1.42. The van der Waals surface area contributed by atoms with Crippen LogP contribution in [0.2, 0.25) is 0 Å². The van der Waals surface area contributed by atoms with Gasteiger partial charge in [-0.2, -0.15) is 0 Å². The van der Waals surface area contributed by atoms with Gasteiger partial charge in [0, 0.05) is 30.9 Å². The minimum atomic E-state index is 0.610. The zero-order valence-corrected chi connectivity index (χ0v) is 12.5. The van der Waals surface area contributed by atoms with Gasteiger partial charge < -0.3 is 20.3 Å². The van der Waals surface area contributed by atoms with Crippen LogP contribution in [-0.2, 0) is 4.74 Å². The number of rotatable bonds is 2. The summed E-state index contributed by atoms with van der Waals surface area (Å²) in [5.74, 6) is 0. The van der Waals surface area contributed by atoms with Crippen LogP contribution < -0.4 is 15.5 Å². The van der Waals surface area contributed by atoms with Gasteiger partial charge in [-0.25, -0.2) is 0 Å². The Balaban J connectivity index is 1.83. The molecule has 0 bridgehead atoms. The van der Waals surface area contributed by atoms with E-state index in [0.29, 0.717) is 12.1 Å². The molecule has 110 valence electrons. The number of hydrogen-bond acceptors (Lipinski definition) is 4. The number of nitrogens with zero attached hydrogens (tertiary/aromatic N) is 2. The minimum absolute atomic E-state index is 0.610. The lowest BCUT2D eigenvalue weighted by Gasteiger charge is -2.32. The second-order valence-corrected chi connectivity index (χ2v) is 6.03. The molecule has 1 aromatic carbocycles. The van der Waals surface area contributed by atoms with Crippen molar-refractivity contribution in [2.45, 2.75) is 38.8 Å². The van der Waals surface area contributed by atoms with Crippen LogP contribution in [0.4, 0.5) is 17.1 Å². The van der Waals surface area contributed by atoms with Crippen LogP contribution >= 0.6 is 0 Å². The molecule has 0 aromatic heterocycles. The lowest BCUT2D eigenvalue weighted by molar-refractivity contribution is 0.123. The van der Waals surface area contributed by atoms with Crippen LogP contribution in [-0.4, -0.2) is 38.4 Å². The van der Waals surface area contributed by atoms with Gasteiger partial charge in [0.1, 0.15) is 0 Å². The summed E-state index contributed by atoms with van der Waals surface area (Å²) in [6, 6.07) is 7.76. The summed E-state index contributed by atoms with van der Waals surface area (Å²) in [7, 11) is 0. The Labute approximate surface area is 121 Å². The third kappa shape index (κ3) is 2.44. The molecular formula is C16H25N3O. The van der Waals surface area contributed by atoms with Crippen LogP contribution in [0, 0.1) is 0 Å². The predicted octanol–water partition coefficient (Wildman–Crippen LogP) is 2.48. The minimum Gasteiger partial charge on any atom is -0.397 e. The predicted molar refractivity (Wildman–Crippen MR) is 84.5 cm³/mol. The highest BCUT2D eigenvalue weighted by Gasteiger charge is 2.27. The van der Waals surface area contributed by atoms with Crippen molar-refractivity contribution < 1.29 is 4.74 Å². The van der Waals surface area contributed by atoms with Gasteiger partial charge in [-0.1, -0.05) is 0 Å². The maximum Gasteiger partial charge on any atom is 0.0642 e. The number of anilines is 3. The van der Waals surface area contributed by atoms with Crippen molar-refractivity contribution >= 4 is 17.1 Å². The molecule has 2 aliphatic heterocycles. The van der Waals surface area contributed by atoms with Gasteiger partial charge in [-0.05, 0) is 44.9 Å². The highest BCUT2D eigenvalue weighted by molar-refractivity contribution is 5.73. The summed E-state index contributed by atoms with van der Waals surface area (Å²) in [5.41, 5.74) is 9.60. The molecule has 3 rings (SSSR count). The molecule has 0 spiro atoms. The van der Waals surface area contributed by atoms with E-state index in [1.165, 1.54) is 18.5 Å². The van der Waals surface area contributed by atoms with Gasteiger partial charge >= 0.3 is 0 Å². The summed E-state index contributed by atoms with van der Waals surface area (Å²) in [6.45, 7) is 8.05. The smallest absolute Gasteiger partial charge is 0.0642 e. The highest BCUT2D eigenvalue weighted by atomic mass is 16.5. The normalized spacial score (nSPS) is 27.1. The average molecular weight is 275 g/mol. The van der Waals surface area contributed by atoms with Gasteiger partial charge in [0.2, 0.25) is 0 Å². The van der Waals surface area contributed by atoms with Crippen LogP contribution in [0.25, 0.3) is 0 Å². The lowest BCUT2D eigenvalue weighted by atomic mass is 10.1. The van der Waals surface area contributed by atoms with Crippen molar-refractivity contribution in [2.75, 3.05) is 41.8 Å². The number of hydrogen-bond donors (Lipinski definition) is 1. The van der Waals surface area contributed by atoms with Crippen LogP contribution in [0.3, 0.4) is 0 Å². The first-order chi connectivity index (χ1) is 9.66. The summed E-state index contributed by atoms with van der Waals surface area (Å²) >= 11 is 0. The van der Waals surface area contributed by atoms with Crippen molar-refractivity contribution in [3.8, 4) is 0 Å². The van der Waals surface area contributed by atoms with Crippen molar-refractivity contribution in [1.82, 2.24) is 0 Å². The highest BCUT2D eigenvalue weighted by Crippen LogP contribution is 2.34. The third-order valence-electron chi connectivity index (χ3n) is 4.61. The molecule has 1 aromatic rings. The molecular weight excluding hydrogens is 250 g/mol. The maximum atomic E-state index is 6.30. The quantitative estimate of drug-likeness (QED) is 0.842. The molecule has 0 amide bonds. The molecule has 2 saturated heterocycles. The third-order valence-corrected chi connectivity index (χ3v) is 4.61.